The lowest BCUT2D eigenvalue weighted by molar-refractivity contribution is 0.0429. The van der Waals surface area contributed by atoms with Crippen LogP contribution in [0.25, 0.3) is 11.1 Å². The largest absolute Gasteiger partial charge is 0.457 e. The number of aromatic nitrogens is 1. The maximum absolute atomic E-state index is 12.1. The van der Waals surface area contributed by atoms with E-state index in [0.717, 1.165) is 5.56 Å². The number of rotatable bonds is 4. The summed E-state index contributed by atoms with van der Waals surface area (Å²) in [5.74, 6) is 0.324. The molecule has 2 aromatic heterocycles. The molecule has 0 fully saturated rings. The van der Waals surface area contributed by atoms with Gasteiger partial charge in [-0.3, -0.25) is 0 Å². The highest BCUT2D eigenvalue weighted by Gasteiger charge is 2.18. The first kappa shape index (κ1) is 13.2. The summed E-state index contributed by atoms with van der Waals surface area (Å²) in [4.78, 5) is 12.1. The monoisotopic (exact) mass is 283 g/mol. The summed E-state index contributed by atoms with van der Waals surface area (Å²) in [7, 11) is 0. The van der Waals surface area contributed by atoms with Crippen LogP contribution in [-0.4, -0.2) is 11.1 Å². The first-order chi connectivity index (χ1) is 10.2. The fraction of sp³-hybridized carbons (Fsp3) is 0.125. The molecule has 0 aliphatic carbocycles. The third kappa shape index (κ3) is 2.86. The maximum Gasteiger partial charge on any atom is 0.375 e. The van der Waals surface area contributed by atoms with Crippen LogP contribution >= 0.6 is 0 Å². The fourth-order valence-corrected chi connectivity index (χ4v) is 2.00. The van der Waals surface area contributed by atoms with Crippen LogP contribution in [0, 0.1) is 6.92 Å². The van der Waals surface area contributed by atoms with Crippen LogP contribution in [0.5, 0.6) is 0 Å². The molecular formula is C16H13NO4. The molecule has 0 aliphatic heterocycles. The quantitative estimate of drug-likeness (QED) is 0.684. The molecule has 0 atom stereocenters. The Labute approximate surface area is 121 Å². The number of hydrogen-bond acceptors (Lipinski definition) is 5. The number of carbonyl (C=O) groups excluding carboxylic acids is 1. The van der Waals surface area contributed by atoms with Crippen molar-refractivity contribution in [3.05, 3.63) is 65.9 Å². The first-order valence-corrected chi connectivity index (χ1v) is 6.46. The number of furan rings is 1. The van der Waals surface area contributed by atoms with Gasteiger partial charge in [0.15, 0.2) is 0 Å². The number of esters is 1. The molecule has 3 aromatic rings. The van der Waals surface area contributed by atoms with Gasteiger partial charge in [0.2, 0.25) is 5.76 Å². The van der Waals surface area contributed by atoms with Crippen LogP contribution in [0.1, 0.15) is 22.0 Å². The van der Waals surface area contributed by atoms with E-state index in [1.54, 1.807) is 19.1 Å². The van der Waals surface area contributed by atoms with Gasteiger partial charge in [0, 0.05) is 11.6 Å². The highest BCUT2D eigenvalue weighted by atomic mass is 16.5. The van der Waals surface area contributed by atoms with Crippen molar-refractivity contribution in [2.45, 2.75) is 13.5 Å². The molecule has 3 rings (SSSR count). The van der Waals surface area contributed by atoms with Crippen LogP contribution in [0.15, 0.2) is 57.7 Å². The van der Waals surface area contributed by atoms with Crippen molar-refractivity contribution >= 4 is 5.97 Å². The Kier molecular flexibility index (Phi) is 3.55. The highest BCUT2D eigenvalue weighted by molar-refractivity contribution is 5.94. The second-order valence-corrected chi connectivity index (χ2v) is 4.53. The van der Waals surface area contributed by atoms with E-state index in [-0.39, 0.29) is 12.4 Å². The zero-order valence-corrected chi connectivity index (χ0v) is 11.4. The molecule has 0 amide bonds. The summed E-state index contributed by atoms with van der Waals surface area (Å²) in [6, 6.07) is 13.0. The highest BCUT2D eigenvalue weighted by Crippen LogP contribution is 2.25. The molecule has 0 radical (unpaired) electrons. The van der Waals surface area contributed by atoms with Crippen molar-refractivity contribution in [2.75, 3.05) is 0 Å². The molecule has 0 N–H and O–H groups in total. The molecule has 0 saturated carbocycles. The maximum atomic E-state index is 12.1. The molecule has 21 heavy (non-hydrogen) atoms. The van der Waals surface area contributed by atoms with E-state index in [1.165, 1.54) is 6.26 Å². The Morgan fingerprint density at radius 3 is 2.76 bits per heavy atom. The lowest BCUT2D eigenvalue weighted by Crippen LogP contribution is -2.05. The Balaban J connectivity index is 1.75. The van der Waals surface area contributed by atoms with E-state index in [2.05, 4.69) is 5.16 Å². The second kappa shape index (κ2) is 5.66. The van der Waals surface area contributed by atoms with Crippen molar-refractivity contribution in [1.29, 1.82) is 0 Å². The number of nitrogens with zero attached hydrogens (tertiary/aromatic N) is 1. The van der Waals surface area contributed by atoms with Crippen LogP contribution in [-0.2, 0) is 11.3 Å². The van der Waals surface area contributed by atoms with Crippen molar-refractivity contribution in [2.24, 2.45) is 0 Å². The lowest BCUT2D eigenvalue weighted by Gasteiger charge is -2.03. The van der Waals surface area contributed by atoms with Gasteiger partial charge in [0.05, 0.1) is 6.26 Å². The SMILES string of the molecule is Cc1cc(COC(=O)c2occc2-c2ccccc2)no1. The van der Waals surface area contributed by atoms with Crippen molar-refractivity contribution < 1.29 is 18.5 Å². The molecule has 2 heterocycles. The zero-order chi connectivity index (χ0) is 14.7. The number of benzene rings is 1. The molecular weight excluding hydrogens is 270 g/mol. The summed E-state index contributed by atoms with van der Waals surface area (Å²) in [5, 5.41) is 3.77. The van der Waals surface area contributed by atoms with Crippen LogP contribution in [0.4, 0.5) is 0 Å². The summed E-state index contributed by atoms with van der Waals surface area (Å²) in [6.45, 7) is 1.82. The van der Waals surface area contributed by atoms with Gasteiger partial charge in [-0.25, -0.2) is 4.79 Å². The van der Waals surface area contributed by atoms with E-state index in [4.69, 9.17) is 13.7 Å². The first-order valence-electron chi connectivity index (χ1n) is 6.46. The average molecular weight is 283 g/mol. The Morgan fingerprint density at radius 2 is 2.05 bits per heavy atom. The fourth-order valence-electron chi connectivity index (χ4n) is 2.00. The topological polar surface area (TPSA) is 65.5 Å². The van der Waals surface area contributed by atoms with Gasteiger partial charge in [-0.1, -0.05) is 35.5 Å². The van der Waals surface area contributed by atoms with Gasteiger partial charge in [0.25, 0.3) is 0 Å². The van der Waals surface area contributed by atoms with Gasteiger partial charge >= 0.3 is 5.97 Å². The minimum absolute atomic E-state index is 0.0467. The standard InChI is InChI=1S/C16H13NO4/c1-11-9-13(17-21-11)10-20-16(18)15-14(7-8-19-15)12-5-3-2-4-6-12/h2-9H,10H2,1H3. The number of hydrogen-bond donors (Lipinski definition) is 0. The Hall–Kier alpha value is -2.82. The third-order valence-corrected chi connectivity index (χ3v) is 2.96. The van der Waals surface area contributed by atoms with Crippen molar-refractivity contribution in [1.82, 2.24) is 5.16 Å². The predicted molar refractivity (Wildman–Crippen MR) is 74.5 cm³/mol. The molecule has 5 heteroatoms. The molecule has 0 unspecified atom stereocenters. The van der Waals surface area contributed by atoms with Crippen molar-refractivity contribution in [3.63, 3.8) is 0 Å². The summed E-state index contributed by atoms with van der Waals surface area (Å²) >= 11 is 0. The average Bonchev–Trinajstić information content (AvgIpc) is 3.14. The van der Waals surface area contributed by atoms with E-state index in [0.29, 0.717) is 17.0 Å². The Morgan fingerprint density at radius 1 is 1.24 bits per heavy atom. The molecule has 1 aromatic carbocycles. The van der Waals surface area contributed by atoms with Gasteiger partial charge in [0.1, 0.15) is 18.1 Å². The molecule has 0 bridgehead atoms. The Bertz CT molecular complexity index is 742. The second-order valence-electron chi connectivity index (χ2n) is 4.53. The van der Waals surface area contributed by atoms with E-state index in [1.807, 2.05) is 30.3 Å². The van der Waals surface area contributed by atoms with E-state index < -0.39 is 5.97 Å². The number of ether oxygens (including phenoxy) is 1. The summed E-state index contributed by atoms with van der Waals surface area (Å²) < 4.78 is 15.4. The van der Waals surface area contributed by atoms with Gasteiger partial charge in [-0.15, -0.1) is 0 Å². The number of carbonyl (C=O) groups is 1. The van der Waals surface area contributed by atoms with Gasteiger partial charge in [-0.2, -0.15) is 0 Å². The third-order valence-electron chi connectivity index (χ3n) is 2.96. The van der Waals surface area contributed by atoms with Crippen LogP contribution in [0.2, 0.25) is 0 Å². The minimum Gasteiger partial charge on any atom is -0.457 e. The van der Waals surface area contributed by atoms with Gasteiger partial charge in [-0.05, 0) is 18.6 Å². The van der Waals surface area contributed by atoms with Crippen molar-refractivity contribution in [3.8, 4) is 11.1 Å². The molecule has 0 aliphatic rings. The van der Waals surface area contributed by atoms with Crippen LogP contribution in [0.3, 0.4) is 0 Å². The van der Waals surface area contributed by atoms with E-state index >= 15 is 0 Å². The smallest absolute Gasteiger partial charge is 0.375 e. The van der Waals surface area contributed by atoms with E-state index in [9.17, 15) is 4.79 Å². The number of aryl methyl sites for hydroxylation is 1. The minimum atomic E-state index is -0.528. The molecule has 5 nitrogen and oxygen atoms in total. The predicted octanol–water partition coefficient (Wildman–Crippen LogP) is 3.60. The molecule has 106 valence electrons. The van der Waals surface area contributed by atoms with Gasteiger partial charge < -0.3 is 13.7 Å². The summed E-state index contributed by atoms with van der Waals surface area (Å²) in [5.41, 5.74) is 2.17. The summed E-state index contributed by atoms with van der Waals surface area (Å²) in [6.07, 6.45) is 1.47. The molecule has 0 saturated heterocycles. The zero-order valence-electron chi connectivity index (χ0n) is 11.4. The lowest BCUT2D eigenvalue weighted by atomic mass is 10.1. The van der Waals surface area contributed by atoms with Crippen LogP contribution < -0.4 is 0 Å². The normalized spacial score (nSPS) is 10.5. The molecule has 0 spiro atoms.